The predicted molar refractivity (Wildman–Crippen MR) is 130 cm³/mol. The zero-order chi connectivity index (χ0) is 24.7. The highest BCUT2D eigenvalue weighted by Gasteiger charge is 2.53. The molecule has 1 N–H and O–H groups in total. The third-order valence-electron chi connectivity index (χ3n) is 7.05. The molecule has 2 fully saturated rings. The molecule has 1 amide bonds. The fraction of sp³-hybridized carbons (Fsp3) is 0.478. The number of halogens is 3. The molecular weight excluding hydrogens is 502 g/mol. The Morgan fingerprint density at radius 1 is 1.12 bits per heavy atom. The minimum absolute atomic E-state index is 0.190. The van der Waals surface area contributed by atoms with Crippen molar-refractivity contribution in [2.45, 2.75) is 44.1 Å². The number of pyridine rings is 1. The summed E-state index contributed by atoms with van der Waals surface area (Å²) in [6.45, 7) is 5.03. The van der Waals surface area contributed by atoms with Crippen molar-refractivity contribution in [1.82, 2.24) is 18.9 Å². The molecule has 1 aromatic carbocycles. The van der Waals surface area contributed by atoms with Gasteiger partial charge in [0.15, 0.2) is 0 Å². The van der Waals surface area contributed by atoms with Gasteiger partial charge in [0, 0.05) is 48.4 Å². The Labute approximate surface area is 209 Å². The molecule has 7 nitrogen and oxygen atoms in total. The lowest BCUT2D eigenvalue weighted by molar-refractivity contribution is 0.0753. The molecule has 4 rings (SSSR count). The Kier molecular flexibility index (Phi) is 6.96. The van der Waals surface area contributed by atoms with Crippen LogP contribution in [0.2, 0.25) is 10.0 Å². The number of hydrogen-bond donors (Lipinski definition) is 1. The summed E-state index contributed by atoms with van der Waals surface area (Å²) in [4.78, 5) is 17.5. The van der Waals surface area contributed by atoms with Crippen molar-refractivity contribution in [2.24, 2.45) is 0 Å². The van der Waals surface area contributed by atoms with E-state index in [1.807, 2.05) is 13.8 Å². The van der Waals surface area contributed by atoms with Gasteiger partial charge in [0.25, 0.3) is 16.1 Å². The lowest BCUT2D eigenvalue weighted by Gasteiger charge is -2.51. The lowest BCUT2D eigenvalue weighted by atomic mass is 9.63. The molecule has 1 aromatic heterocycles. The van der Waals surface area contributed by atoms with E-state index in [9.17, 15) is 13.2 Å². The van der Waals surface area contributed by atoms with E-state index in [2.05, 4.69) is 10.3 Å². The summed E-state index contributed by atoms with van der Waals surface area (Å²) in [5, 5.41) is 3.63. The van der Waals surface area contributed by atoms with Gasteiger partial charge in [0.05, 0.1) is 16.3 Å². The molecule has 2 aromatic rings. The van der Waals surface area contributed by atoms with Gasteiger partial charge in [-0.1, -0.05) is 23.2 Å². The van der Waals surface area contributed by atoms with Crippen LogP contribution >= 0.6 is 23.2 Å². The second kappa shape index (κ2) is 9.35. The fourth-order valence-electron chi connectivity index (χ4n) is 4.82. The van der Waals surface area contributed by atoms with Crippen LogP contribution in [0.4, 0.5) is 4.39 Å². The number of nitrogens with zero attached hydrogens (tertiary/aromatic N) is 3. The van der Waals surface area contributed by atoms with Crippen molar-refractivity contribution >= 4 is 39.3 Å². The van der Waals surface area contributed by atoms with Crippen LogP contribution < -0.4 is 5.32 Å². The minimum Gasteiger partial charge on any atom is -0.346 e. The SMILES string of the molecule is CC(C)(NC(=O)c1ccc(Cl)cc1Cl)C1(c2ncccc2F)CCN(S(=O)(=O)N2CCC2)CC1. The second-order valence-corrected chi connectivity index (χ2v) is 12.1. The van der Waals surface area contributed by atoms with Crippen LogP contribution in [-0.4, -0.2) is 59.6 Å². The molecule has 184 valence electrons. The molecule has 11 heteroatoms. The first kappa shape index (κ1) is 25.3. The van der Waals surface area contributed by atoms with Gasteiger partial charge in [-0.3, -0.25) is 9.78 Å². The second-order valence-electron chi connectivity index (χ2n) is 9.28. The third kappa shape index (κ3) is 4.44. The molecule has 3 heterocycles. The summed E-state index contributed by atoms with van der Waals surface area (Å²) >= 11 is 12.2. The monoisotopic (exact) mass is 528 g/mol. The number of carbonyl (C=O) groups excluding carboxylic acids is 1. The van der Waals surface area contributed by atoms with Gasteiger partial charge in [0.2, 0.25) is 0 Å². The zero-order valence-electron chi connectivity index (χ0n) is 19.0. The Hall–Kier alpha value is -1.78. The van der Waals surface area contributed by atoms with Crippen molar-refractivity contribution < 1.29 is 17.6 Å². The van der Waals surface area contributed by atoms with E-state index in [1.165, 1.54) is 39.1 Å². The lowest BCUT2D eigenvalue weighted by Crippen LogP contribution is -2.64. The Morgan fingerprint density at radius 2 is 1.76 bits per heavy atom. The van der Waals surface area contributed by atoms with Crippen LogP contribution in [0, 0.1) is 5.82 Å². The van der Waals surface area contributed by atoms with Crippen LogP contribution in [0.1, 0.15) is 49.2 Å². The predicted octanol–water partition coefficient (Wildman–Crippen LogP) is 4.02. The molecule has 0 unspecified atom stereocenters. The first-order valence-electron chi connectivity index (χ1n) is 11.1. The van der Waals surface area contributed by atoms with Crippen LogP contribution in [0.15, 0.2) is 36.5 Å². The van der Waals surface area contributed by atoms with Crippen LogP contribution in [0.5, 0.6) is 0 Å². The number of benzene rings is 1. The average molecular weight is 529 g/mol. The van der Waals surface area contributed by atoms with E-state index < -0.39 is 32.9 Å². The molecule has 2 aliphatic rings. The largest absolute Gasteiger partial charge is 0.346 e. The Morgan fingerprint density at radius 3 is 2.32 bits per heavy atom. The number of hydrogen-bond acceptors (Lipinski definition) is 4. The molecule has 0 aliphatic carbocycles. The highest BCUT2D eigenvalue weighted by atomic mass is 35.5. The smallest absolute Gasteiger partial charge is 0.281 e. The summed E-state index contributed by atoms with van der Waals surface area (Å²) < 4.78 is 43.8. The van der Waals surface area contributed by atoms with Gasteiger partial charge in [-0.15, -0.1) is 0 Å². The molecular formula is C23H27Cl2FN4O3S. The van der Waals surface area contributed by atoms with Gasteiger partial charge < -0.3 is 5.32 Å². The standard InChI is InChI=1S/C23H27Cl2FN4O3S/c1-22(2,28-21(31)17-7-6-16(24)15-18(17)25)23(20-19(26)5-3-10-27-20)8-13-30(14-9-23)34(32,33)29-11-4-12-29/h3,5-7,10,15H,4,8-9,11-14H2,1-2H3,(H,28,31). The van der Waals surface area contributed by atoms with Crippen molar-refractivity contribution in [2.75, 3.05) is 26.2 Å². The number of carbonyl (C=O) groups is 1. The van der Waals surface area contributed by atoms with E-state index in [4.69, 9.17) is 23.2 Å². The number of aromatic nitrogens is 1. The molecule has 34 heavy (non-hydrogen) atoms. The number of piperidine rings is 1. The minimum atomic E-state index is -3.55. The Balaban J connectivity index is 1.66. The van der Waals surface area contributed by atoms with E-state index in [1.54, 1.807) is 6.07 Å². The van der Waals surface area contributed by atoms with Gasteiger partial charge in [-0.25, -0.2) is 4.39 Å². The van der Waals surface area contributed by atoms with E-state index in [0.717, 1.165) is 6.42 Å². The van der Waals surface area contributed by atoms with Crippen LogP contribution in [0.25, 0.3) is 0 Å². The van der Waals surface area contributed by atoms with Gasteiger partial charge >= 0.3 is 0 Å². The number of rotatable bonds is 6. The van der Waals surface area contributed by atoms with Crippen LogP contribution in [0.3, 0.4) is 0 Å². The van der Waals surface area contributed by atoms with E-state index in [-0.39, 0.29) is 42.2 Å². The molecule has 2 saturated heterocycles. The summed E-state index contributed by atoms with van der Waals surface area (Å²) in [5.74, 6) is -0.925. The average Bonchev–Trinajstić information content (AvgIpc) is 2.72. The van der Waals surface area contributed by atoms with Crippen molar-refractivity contribution in [3.63, 3.8) is 0 Å². The van der Waals surface area contributed by atoms with Gasteiger partial charge in [0.1, 0.15) is 5.82 Å². The molecule has 2 aliphatic heterocycles. The molecule has 0 bridgehead atoms. The maximum absolute atomic E-state index is 15.1. The van der Waals surface area contributed by atoms with Crippen molar-refractivity contribution in [3.8, 4) is 0 Å². The molecule has 0 spiro atoms. The summed E-state index contributed by atoms with van der Waals surface area (Å²) in [6, 6.07) is 7.43. The Bertz CT molecular complexity index is 1200. The first-order valence-corrected chi connectivity index (χ1v) is 13.3. The topological polar surface area (TPSA) is 82.6 Å². The number of nitrogens with one attached hydrogen (secondary N) is 1. The van der Waals surface area contributed by atoms with Crippen LogP contribution in [-0.2, 0) is 15.6 Å². The number of amides is 1. The molecule has 0 radical (unpaired) electrons. The highest BCUT2D eigenvalue weighted by molar-refractivity contribution is 7.86. The zero-order valence-corrected chi connectivity index (χ0v) is 21.4. The first-order chi connectivity index (χ1) is 16.0. The molecule has 0 saturated carbocycles. The fourth-order valence-corrected chi connectivity index (χ4v) is 7.00. The van der Waals surface area contributed by atoms with E-state index in [0.29, 0.717) is 18.1 Å². The maximum Gasteiger partial charge on any atom is 0.281 e. The van der Waals surface area contributed by atoms with Gasteiger partial charge in [-0.05, 0) is 63.4 Å². The molecule has 0 atom stereocenters. The van der Waals surface area contributed by atoms with Crippen molar-refractivity contribution in [3.05, 3.63) is 63.6 Å². The normalized spacial score (nSPS) is 19.4. The maximum atomic E-state index is 15.1. The van der Waals surface area contributed by atoms with Gasteiger partial charge in [-0.2, -0.15) is 17.0 Å². The highest BCUT2D eigenvalue weighted by Crippen LogP contribution is 2.45. The third-order valence-corrected chi connectivity index (χ3v) is 9.64. The summed E-state index contributed by atoms with van der Waals surface area (Å²) in [5.41, 5.74) is -1.49. The quantitative estimate of drug-likeness (QED) is 0.613. The summed E-state index contributed by atoms with van der Waals surface area (Å²) in [6.07, 6.45) is 2.94. The summed E-state index contributed by atoms with van der Waals surface area (Å²) in [7, 11) is -3.55. The van der Waals surface area contributed by atoms with Crippen molar-refractivity contribution in [1.29, 1.82) is 0 Å². The van der Waals surface area contributed by atoms with E-state index >= 15 is 4.39 Å².